The summed E-state index contributed by atoms with van der Waals surface area (Å²) in [6.07, 6.45) is 1.62. The Morgan fingerprint density at radius 1 is 1.12 bits per heavy atom. The van der Waals surface area contributed by atoms with Gasteiger partial charge in [-0.25, -0.2) is 4.79 Å². The van der Waals surface area contributed by atoms with E-state index in [0.29, 0.717) is 19.7 Å². The van der Waals surface area contributed by atoms with E-state index in [1.54, 1.807) is 0 Å². The first-order valence-electron chi connectivity index (χ1n) is 8.66. The summed E-state index contributed by atoms with van der Waals surface area (Å²) >= 11 is 6.30. The number of hydrogen-bond acceptors (Lipinski definition) is 3. The molecule has 0 bridgehead atoms. The third-order valence-corrected chi connectivity index (χ3v) is 5.69. The molecule has 1 N–H and O–H groups in total. The molecule has 1 saturated heterocycles. The number of carbonyl (C=O) groups excluding carboxylic acids is 1. The first kappa shape index (κ1) is 16.3. The van der Waals surface area contributed by atoms with Gasteiger partial charge in [-0.1, -0.05) is 54.1 Å². The number of fused-ring (bicyclic) bond motifs is 2. The fourth-order valence-corrected chi connectivity index (χ4v) is 4.11. The number of nitrogens with one attached hydrogen (secondary N) is 1. The highest BCUT2D eigenvalue weighted by atomic mass is 35.5. The van der Waals surface area contributed by atoms with Crippen molar-refractivity contribution in [2.45, 2.75) is 24.9 Å². The smallest absolute Gasteiger partial charge is 0.410 e. The SMILES string of the molecule is O=C(OCc1ccccc1)N1CCC2(CC1)CNc1c(Cl)cccc12. The average molecular weight is 357 g/mol. The lowest BCUT2D eigenvalue weighted by atomic mass is 9.74. The van der Waals surface area contributed by atoms with Gasteiger partial charge in [0.05, 0.1) is 10.7 Å². The van der Waals surface area contributed by atoms with E-state index in [4.69, 9.17) is 16.3 Å². The number of likely N-dealkylation sites (tertiary alicyclic amines) is 1. The van der Waals surface area contributed by atoms with Crippen LogP contribution in [0.2, 0.25) is 5.02 Å². The zero-order chi connectivity index (χ0) is 17.3. The Morgan fingerprint density at radius 3 is 2.64 bits per heavy atom. The van der Waals surface area contributed by atoms with E-state index in [1.165, 1.54) is 5.56 Å². The molecule has 0 aliphatic carbocycles. The molecule has 0 atom stereocenters. The number of ether oxygens (including phenoxy) is 1. The summed E-state index contributed by atoms with van der Waals surface area (Å²) in [7, 11) is 0. The molecule has 0 aromatic heterocycles. The molecule has 2 heterocycles. The number of rotatable bonds is 2. The largest absolute Gasteiger partial charge is 0.445 e. The second kappa shape index (κ2) is 6.60. The van der Waals surface area contributed by atoms with Gasteiger partial charge in [0.25, 0.3) is 0 Å². The van der Waals surface area contributed by atoms with Gasteiger partial charge >= 0.3 is 6.09 Å². The molecule has 130 valence electrons. The summed E-state index contributed by atoms with van der Waals surface area (Å²) in [6, 6.07) is 15.9. The fourth-order valence-electron chi connectivity index (χ4n) is 3.87. The molecule has 2 aliphatic heterocycles. The van der Waals surface area contributed by atoms with Crippen molar-refractivity contribution in [3.8, 4) is 0 Å². The van der Waals surface area contributed by atoms with Crippen LogP contribution >= 0.6 is 11.6 Å². The Morgan fingerprint density at radius 2 is 1.88 bits per heavy atom. The van der Waals surface area contributed by atoms with E-state index in [2.05, 4.69) is 11.4 Å². The number of benzene rings is 2. The highest BCUT2D eigenvalue weighted by Crippen LogP contribution is 2.46. The van der Waals surface area contributed by atoms with E-state index in [-0.39, 0.29) is 11.5 Å². The molecular formula is C20H21ClN2O2. The lowest BCUT2D eigenvalue weighted by molar-refractivity contribution is 0.0794. The molecule has 0 radical (unpaired) electrons. The summed E-state index contributed by atoms with van der Waals surface area (Å²) in [5, 5.41) is 4.23. The minimum absolute atomic E-state index is 0.0798. The van der Waals surface area contributed by atoms with Crippen molar-refractivity contribution in [2.75, 3.05) is 25.0 Å². The Bertz CT molecular complexity index is 771. The van der Waals surface area contributed by atoms with Gasteiger partial charge in [-0.3, -0.25) is 0 Å². The van der Waals surface area contributed by atoms with Crippen molar-refractivity contribution in [3.63, 3.8) is 0 Å². The van der Waals surface area contributed by atoms with Crippen molar-refractivity contribution in [2.24, 2.45) is 0 Å². The topological polar surface area (TPSA) is 41.6 Å². The van der Waals surface area contributed by atoms with E-state index in [9.17, 15) is 4.79 Å². The standard InChI is InChI=1S/C20H21ClN2O2/c21-17-8-4-7-16-18(17)22-14-20(16)9-11-23(12-10-20)19(24)25-13-15-5-2-1-3-6-15/h1-8,22H,9-14H2. The van der Waals surface area contributed by atoms with E-state index in [0.717, 1.165) is 35.7 Å². The zero-order valence-corrected chi connectivity index (χ0v) is 14.8. The van der Waals surface area contributed by atoms with Crippen LogP contribution in [0, 0.1) is 0 Å². The van der Waals surface area contributed by atoms with Crippen LogP contribution in [0.1, 0.15) is 24.0 Å². The normalized spacial score (nSPS) is 17.9. The molecule has 5 heteroatoms. The number of anilines is 1. The van der Waals surface area contributed by atoms with E-state index >= 15 is 0 Å². The lowest BCUT2D eigenvalue weighted by Crippen LogP contribution is -2.46. The predicted octanol–water partition coefficient (Wildman–Crippen LogP) is 4.44. The van der Waals surface area contributed by atoms with Gasteiger partial charge in [-0.15, -0.1) is 0 Å². The fraction of sp³-hybridized carbons (Fsp3) is 0.350. The number of halogens is 1. The molecule has 2 aliphatic rings. The van der Waals surface area contributed by atoms with Crippen LogP contribution in [0.25, 0.3) is 0 Å². The second-order valence-corrected chi connectivity index (χ2v) is 7.23. The number of carbonyl (C=O) groups is 1. The average Bonchev–Trinajstić information content (AvgIpc) is 3.01. The maximum absolute atomic E-state index is 12.3. The predicted molar refractivity (Wildman–Crippen MR) is 99.1 cm³/mol. The van der Waals surface area contributed by atoms with Crippen molar-refractivity contribution in [1.29, 1.82) is 0 Å². The van der Waals surface area contributed by atoms with Crippen LogP contribution in [0.5, 0.6) is 0 Å². The second-order valence-electron chi connectivity index (χ2n) is 6.82. The molecule has 2 aromatic carbocycles. The molecule has 1 spiro atoms. The molecule has 4 nitrogen and oxygen atoms in total. The lowest BCUT2D eigenvalue weighted by Gasteiger charge is -2.38. The molecule has 25 heavy (non-hydrogen) atoms. The van der Waals surface area contributed by atoms with Gasteiger partial charge in [-0.05, 0) is 30.0 Å². The quantitative estimate of drug-likeness (QED) is 0.865. The van der Waals surface area contributed by atoms with Crippen LogP contribution in [0.3, 0.4) is 0 Å². The van der Waals surface area contributed by atoms with Crippen LogP contribution < -0.4 is 5.32 Å². The summed E-state index contributed by atoms with van der Waals surface area (Å²) in [4.78, 5) is 14.2. The molecule has 1 amide bonds. The number of para-hydroxylation sites is 1. The molecule has 1 fully saturated rings. The van der Waals surface area contributed by atoms with E-state index < -0.39 is 0 Å². The first-order valence-corrected chi connectivity index (χ1v) is 9.04. The first-order chi connectivity index (χ1) is 12.2. The third-order valence-electron chi connectivity index (χ3n) is 5.37. The number of amides is 1. The minimum atomic E-state index is -0.226. The van der Waals surface area contributed by atoms with Crippen LogP contribution in [0.4, 0.5) is 10.5 Å². The van der Waals surface area contributed by atoms with Crippen molar-refractivity contribution in [1.82, 2.24) is 4.90 Å². The van der Waals surface area contributed by atoms with Gasteiger partial charge in [0, 0.05) is 25.0 Å². The number of piperidine rings is 1. The van der Waals surface area contributed by atoms with Crippen molar-refractivity contribution < 1.29 is 9.53 Å². The molecule has 0 unspecified atom stereocenters. The van der Waals surface area contributed by atoms with E-state index in [1.807, 2.05) is 47.4 Å². The summed E-state index contributed by atoms with van der Waals surface area (Å²) < 4.78 is 5.46. The highest BCUT2D eigenvalue weighted by molar-refractivity contribution is 6.33. The van der Waals surface area contributed by atoms with Gasteiger partial charge in [0.1, 0.15) is 6.61 Å². The maximum Gasteiger partial charge on any atom is 0.410 e. The highest BCUT2D eigenvalue weighted by Gasteiger charge is 2.43. The van der Waals surface area contributed by atoms with Crippen molar-refractivity contribution in [3.05, 3.63) is 64.7 Å². The third kappa shape index (κ3) is 3.07. The van der Waals surface area contributed by atoms with Crippen LogP contribution in [0.15, 0.2) is 48.5 Å². The van der Waals surface area contributed by atoms with Gasteiger partial charge in [0.2, 0.25) is 0 Å². The minimum Gasteiger partial charge on any atom is -0.445 e. The molecular weight excluding hydrogens is 336 g/mol. The van der Waals surface area contributed by atoms with Gasteiger partial charge in [0.15, 0.2) is 0 Å². The zero-order valence-electron chi connectivity index (χ0n) is 14.0. The number of nitrogens with zero attached hydrogens (tertiary/aromatic N) is 1. The Labute approximate surface area is 152 Å². The molecule has 2 aromatic rings. The van der Waals surface area contributed by atoms with Crippen molar-refractivity contribution >= 4 is 23.4 Å². The van der Waals surface area contributed by atoms with Gasteiger partial charge < -0.3 is 15.0 Å². The monoisotopic (exact) mass is 356 g/mol. The van der Waals surface area contributed by atoms with Crippen LogP contribution in [-0.4, -0.2) is 30.6 Å². The van der Waals surface area contributed by atoms with Gasteiger partial charge in [-0.2, -0.15) is 0 Å². The molecule has 0 saturated carbocycles. The summed E-state index contributed by atoms with van der Waals surface area (Å²) in [6.45, 7) is 2.63. The Balaban J connectivity index is 1.38. The Kier molecular flexibility index (Phi) is 4.30. The van der Waals surface area contributed by atoms with Crippen LogP contribution in [-0.2, 0) is 16.8 Å². The molecule has 4 rings (SSSR count). The maximum atomic E-state index is 12.3. The summed E-state index contributed by atoms with van der Waals surface area (Å²) in [5.41, 5.74) is 3.44. The summed E-state index contributed by atoms with van der Waals surface area (Å²) in [5.74, 6) is 0. The number of hydrogen-bond donors (Lipinski definition) is 1. The Hall–Kier alpha value is -2.20.